The first-order chi connectivity index (χ1) is 16.5. The zero-order valence-electron chi connectivity index (χ0n) is 18.3. The Hall–Kier alpha value is -2.97. The maximum atomic E-state index is 13.4. The highest BCUT2D eigenvalue weighted by molar-refractivity contribution is 6.36. The van der Waals surface area contributed by atoms with Crippen LogP contribution in [0.5, 0.6) is 11.5 Å². The van der Waals surface area contributed by atoms with Crippen molar-refractivity contribution in [3.05, 3.63) is 92.7 Å². The highest BCUT2D eigenvalue weighted by Crippen LogP contribution is 2.41. The maximum absolute atomic E-state index is 13.4. The van der Waals surface area contributed by atoms with Gasteiger partial charge in [0.2, 0.25) is 0 Å². The molecule has 0 aromatic heterocycles. The maximum Gasteiger partial charge on any atom is 0.390 e. The van der Waals surface area contributed by atoms with E-state index in [1.165, 1.54) is 43.5 Å². The van der Waals surface area contributed by atoms with E-state index < -0.39 is 30.3 Å². The number of rotatable bonds is 8. The summed E-state index contributed by atoms with van der Waals surface area (Å²) in [5, 5.41) is 10.8. The number of phenolic OH excluding ortho intramolecular Hbond substituents is 1. The third kappa shape index (κ3) is 7.26. The van der Waals surface area contributed by atoms with Gasteiger partial charge in [-0.1, -0.05) is 47.5 Å². The van der Waals surface area contributed by atoms with Crippen molar-refractivity contribution in [2.75, 3.05) is 13.7 Å². The second-order valence-electron chi connectivity index (χ2n) is 7.72. The van der Waals surface area contributed by atoms with E-state index in [1.54, 1.807) is 6.07 Å². The van der Waals surface area contributed by atoms with Crippen LogP contribution in [0.3, 0.4) is 0 Å². The predicted molar refractivity (Wildman–Crippen MR) is 124 cm³/mol. The summed E-state index contributed by atoms with van der Waals surface area (Å²) in [5.74, 6) is -2.51. The number of phenols is 1. The smallest absolute Gasteiger partial charge is 0.390 e. The van der Waals surface area contributed by atoms with Crippen LogP contribution in [0.25, 0.3) is 0 Å². The van der Waals surface area contributed by atoms with Crippen LogP contribution in [0.15, 0.2) is 54.6 Å². The number of benzene rings is 3. The number of aromatic hydroxyl groups is 1. The number of carbonyl (C=O) groups excluding carboxylic acids is 1. The largest absolute Gasteiger partial charge is 0.508 e. The molecule has 35 heavy (non-hydrogen) atoms. The zero-order chi connectivity index (χ0) is 25.8. The van der Waals surface area contributed by atoms with Crippen molar-refractivity contribution >= 4 is 29.2 Å². The Bertz CT molecular complexity index is 1170. The van der Waals surface area contributed by atoms with Crippen molar-refractivity contribution in [2.24, 2.45) is 0 Å². The van der Waals surface area contributed by atoms with Gasteiger partial charge in [0.1, 0.15) is 17.3 Å². The van der Waals surface area contributed by atoms with Gasteiger partial charge in [0.05, 0.1) is 13.5 Å². The predicted octanol–water partition coefficient (Wildman–Crippen LogP) is 7.07. The summed E-state index contributed by atoms with van der Waals surface area (Å²) in [5.41, 5.74) is 1.26. The molecular weight excluding hydrogens is 511 g/mol. The number of halogens is 6. The molecule has 0 saturated heterocycles. The van der Waals surface area contributed by atoms with E-state index in [9.17, 15) is 27.5 Å². The number of methoxy groups -OCH3 is 1. The molecule has 4 nitrogen and oxygen atoms in total. The molecule has 0 aliphatic heterocycles. The minimum Gasteiger partial charge on any atom is -0.508 e. The van der Waals surface area contributed by atoms with E-state index in [0.29, 0.717) is 11.1 Å². The topological polar surface area (TPSA) is 55.8 Å². The fraction of sp³-hybridized carbons (Fsp3) is 0.240. The number of hydrogen-bond donors (Lipinski definition) is 1. The molecular formula is C25H20Cl2F4O4. The molecule has 0 heterocycles. The minimum atomic E-state index is -4.53. The van der Waals surface area contributed by atoms with Gasteiger partial charge in [-0.15, -0.1) is 0 Å². The van der Waals surface area contributed by atoms with Crippen LogP contribution in [-0.2, 0) is 16.0 Å². The van der Waals surface area contributed by atoms with E-state index in [4.69, 9.17) is 27.9 Å². The van der Waals surface area contributed by atoms with E-state index in [1.807, 2.05) is 0 Å². The fourth-order valence-corrected chi connectivity index (χ4v) is 4.16. The molecule has 0 fully saturated rings. The van der Waals surface area contributed by atoms with E-state index in [0.717, 1.165) is 12.1 Å². The molecule has 186 valence electrons. The number of alkyl halides is 3. The van der Waals surface area contributed by atoms with Crippen molar-refractivity contribution in [1.82, 2.24) is 0 Å². The normalized spacial score (nSPS) is 12.3. The molecule has 0 spiro atoms. The summed E-state index contributed by atoms with van der Waals surface area (Å²) in [6.45, 7) is -0.339. The molecule has 0 saturated carbocycles. The van der Waals surface area contributed by atoms with Gasteiger partial charge in [0.25, 0.3) is 0 Å². The molecule has 10 heteroatoms. The zero-order valence-corrected chi connectivity index (χ0v) is 19.8. The quantitative estimate of drug-likeness (QED) is 0.250. The molecule has 3 aromatic carbocycles. The number of carbonyl (C=O) groups is 1. The lowest BCUT2D eigenvalue weighted by Gasteiger charge is -2.22. The van der Waals surface area contributed by atoms with Gasteiger partial charge in [0, 0.05) is 27.9 Å². The van der Waals surface area contributed by atoms with E-state index in [-0.39, 0.29) is 45.7 Å². The van der Waals surface area contributed by atoms with Gasteiger partial charge in [-0.3, -0.25) is 0 Å². The molecule has 1 atom stereocenters. The first-order valence-corrected chi connectivity index (χ1v) is 11.0. The van der Waals surface area contributed by atoms with Crippen molar-refractivity contribution in [3.8, 4) is 11.5 Å². The average Bonchev–Trinajstić information content (AvgIpc) is 2.79. The number of ether oxygens (including phenoxy) is 2. The van der Waals surface area contributed by atoms with Crippen LogP contribution in [0, 0.1) is 5.82 Å². The molecule has 3 rings (SSSR count). The Kier molecular flexibility index (Phi) is 8.51. The Morgan fingerprint density at radius 1 is 1.03 bits per heavy atom. The Balaban J connectivity index is 1.93. The Labute approximate surface area is 209 Å². The molecule has 0 aliphatic rings. The van der Waals surface area contributed by atoms with Crippen LogP contribution >= 0.6 is 23.2 Å². The molecule has 3 aromatic rings. The van der Waals surface area contributed by atoms with Crippen molar-refractivity contribution in [3.63, 3.8) is 0 Å². The second kappa shape index (κ2) is 11.2. The lowest BCUT2D eigenvalue weighted by atomic mass is 9.86. The summed E-state index contributed by atoms with van der Waals surface area (Å²) >= 11 is 12.7. The number of hydrogen-bond acceptors (Lipinski definition) is 4. The van der Waals surface area contributed by atoms with Crippen LogP contribution < -0.4 is 4.74 Å². The van der Waals surface area contributed by atoms with Gasteiger partial charge in [-0.05, 0) is 47.0 Å². The molecule has 0 radical (unpaired) electrons. The monoisotopic (exact) mass is 530 g/mol. The third-order valence-corrected chi connectivity index (χ3v) is 5.93. The van der Waals surface area contributed by atoms with Gasteiger partial charge in [0.15, 0.2) is 6.61 Å². The van der Waals surface area contributed by atoms with Gasteiger partial charge < -0.3 is 14.6 Å². The highest BCUT2D eigenvalue weighted by atomic mass is 35.5. The Morgan fingerprint density at radius 2 is 1.66 bits per heavy atom. The summed E-state index contributed by atoms with van der Waals surface area (Å²) in [6.07, 6.45) is -5.64. The SMILES string of the molecule is COC(=O)COc1cc(Cl)c(Cc2ccc(O)c(C(CC(F)(F)F)c3ccc(F)cc3)c2)c(Cl)c1. The van der Waals surface area contributed by atoms with Gasteiger partial charge >= 0.3 is 12.1 Å². The van der Waals surface area contributed by atoms with Crippen LogP contribution in [0.2, 0.25) is 10.0 Å². The first-order valence-electron chi connectivity index (χ1n) is 10.3. The molecule has 0 bridgehead atoms. The molecule has 1 unspecified atom stereocenters. The van der Waals surface area contributed by atoms with Gasteiger partial charge in [-0.25, -0.2) is 9.18 Å². The number of esters is 1. The van der Waals surface area contributed by atoms with Crippen molar-refractivity contribution in [2.45, 2.75) is 24.9 Å². The lowest BCUT2D eigenvalue weighted by Crippen LogP contribution is -2.15. The fourth-order valence-electron chi connectivity index (χ4n) is 3.56. The average molecular weight is 531 g/mol. The van der Waals surface area contributed by atoms with Crippen molar-refractivity contribution in [1.29, 1.82) is 0 Å². The van der Waals surface area contributed by atoms with Crippen LogP contribution in [0.4, 0.5) is 17.6 Å². The van der Waals surface area contributed by atoms with E-state index in [2.05, 4.69) is 4.74 Å². The Morgan fingerprint density at radius 3 is 2.23 bits per heavy atom. The van der Waals surface area contributed by atoms with Crippen LogP contribution in [0.1, 0.15) is 34.6 Å². The van der Waals surface area contributed by atoms with Crippen molar-refractivity contribution < 1.29 is 36.9 Å². The summed E-state index contributed by atoms with van der Waals surface area (Å²) in [7, 11) is 1.22. The third-order valence-electron chi connectivity index (χ3n) is 5.26. The first kappa shape index (κ1) is 26.6. The second-order valence-corrected chi connectivity index (χ2v) is 8.54. The molecule has 1 N–H and O–H groups in total. The van der Waals surface area contributed by atoms with Gasteiger partial charge in [-0.2, -0.15) is 13.2 Å². The standard InChI is InChI=1S/C25H20Cl2F4O4/c1-34-24(33)13-35-17-10-21(26)19(22(27)11-17)9-14-2-7-23(32)18(8-14)20(12-25(29,30)31)15-3-5-16(28)6-4-15/h2-8,10-11,20,32H,9,12-13H2,1H3. The summed E-state index contributed by atoms with van der Waals surface area (Å²) in [6, 6.07) is 11.9. The summed E-state index contributed by atoms with van der Waals surface area (Å²) < 4.78 is 63.3. The van der Waals surface area contributed by atoms with E-state index >= 15 is 0 Å². The molecule has 0 aliphatic carbocycles. The minimum absolute atomic E-state index is 0.0386. The molecule has 0 amide bonds. The lowest BCUT2D eigenvalue weighted by molar-refractivity contribution is -0.143. The highest BCUT2D eigenvalue weighted by Gasteiger charge is 2.34. The summed E-state index contributed by atoms with van der Waals surface area (Å²) in [4.78, 5) is 11.3. The van der Waals surface area contributed by atoms with Crippen LogP contribution in [-0.4, -0.2) is 31.0 Å².